The number of nitrogens with one attached hydrogen (secondary N) is 1. The SMILES string of the molecule is COc1ccc(Cl)cc1NC(=O)Cc1c(C)noc1C. The first kappa shape index (κ1) is 14.4. The molecule has 0 radical (unpaired) electrons. The molecule has 2 aromatic rings. The number of hydrogen-bond donors (Lipinski definition) is 1. The third-order valence-corrected chi connectivity index (χ3v) is 3.19. The van der Waals surface area contributed by atoms with E-state index in [1.807, 2.05) is 0 Å². The monoisotopic (exact) mass is 294 g/mol. The smallest absolute Gasteiger partial charge is 0.229 e. The van der Waals surface area contributed by atoms with Gasteiger partial charge in [0.25, 0.3) is 0 Å². The first-order chi connectivity index (χ1) is 9.51. The van der Waals surface area contributed by atoms with Crippen molar-refractivity contribution in [1.29, 1.82) is 0 Å². The van der Waals surface area contributed by atoms with Crippen molar-refractivity contribution in [3.8, 4) is 5.75 Å². The number of rotatable bonds is 4. The van der Waals surface area contributed by atoms with Gasteiger partial charge < -0.3 is 14.6 Å². The van der Waals surface area contributed by atoms with Crippen LogP contribution in [0.3, 0.4) is 0 Å². The number of aryl methyl sites for hydroxylation is 2. The summed E-state index contributed by atoms with van der Waals surface area (Å²) in [4.78, 5) is 12.1. The number of carbonyl (C=O) groups is 1. The highest BCUT2D eigenvalue weighted by Gasteiger charge is 2.15. The van der Waals surface area contributed by atoms with Gasteiger partial charge in [0.2, 0.25) is 5.91 Å². The summed E-state index contributed by atoms with van der Waals surface area (Å²) < 4.78 is 10.2. The van der Waals surface area contributed by atoms with Crippen molar-refractivity contribution in [2.24, 2.45) is 0 Å². The minimum atomic E-state index is -0.181. The highest BCUT2D eigenvalue weighted by atomic mass is 35.5. The molecule has 1 N–H and O–H groups in total. The van der Waals surface area contributed by atoms with Crippen LogP contribution in [0.5, 0.6) is 5.75 Å². The van der Waals surface area contributed by atoms with E-state index in [0.29, 0.717) is 22.2 Å². The van der Waals surface area contributed by atoms with Crippen LogP contribution in [0, 0.1) is 13.8 Å². The zero-order valence-electron chi connectivity index (χ0n) is 11.5. The Kier molecular flexibility index (Phi) is 4.29. The molecular weight excluding hydrogens is 280 g/mol. The van der Waals surface area contributed by atoms with Gasteiger partial charge >= 0.3 is 0 Å². The molecule has 0 aliphatic heterocycles. The minimum absolute atomic E-state index is 0.181. The minimum Gasteiger partial charge on any atom is -0.495 e. The number of benzene rings is 1. The van der Waals surface area contributed by atoms with Gasteiger partial charge in [-0.25, -0.2) is 0 Å². The van der Waals surface area contributed by atoms with Gasteiger partial charge in [-0.15, -0.1) is 0 Å². The van der Waals surface area contributed by atoms with Gasteiger partial charge in [0.15, 0.2) is 0 Å². The number of amides is 1. The second-order valence-electron chi connectivity index (χ2n) is 4.37. The Morgan fingerprint density at radius 3 is 2.80 bits per heavy atom. The fourth-order valence-electron chi connectivity index (χ4n) is 1.89. The van der Waals surface area contributed by atoms with Crippen molar-refractivity contribution in [3.63, 3.8) is 0 Å². The van der Waals surface area contributed by atoms with Gasteiger partial charge in [-0.1, -0.05) is 16.8 Å². The normalized spacial score (nSPS) is 10.4. The lowest BCUT2D eigenvalue weighted by atomic mass is 10.1. The highest BCUT2D eigenvalue weighted by molar-refractivity contribution is 6.31. The number of aromatic nitrogens is 1. The Labute approximate surface area is 121 Å². The third kappa shape index (κ3) is 3.11. The molecule has 2 rings (SSSR count). The maximum absolute atomic E-state index is 12.1. The zero-order chi connectivity index (χ0) is 14.7. The van der Waals surface area contributed by atoms with E-state index in [0.717, 1.165) is 11.3 Å². The molecule has 0 saturated carbocycles. The number of halogens is 1. The van der Waals surface area contributed by atoms with Crippen LogP contribution in [-0.2, 0) is 11.2 Å². The Bertz CT molecular complexity index is 618. The fourth-order valence-corrected chi connectivity index (χ4v) is 2.06. The van der Waals surface area contributed by atoms with Gasteiger partial charge in [0, 0.05) is 10.6 Å². The summed E-state index contributed by atoms with van der Waals surface area (Å²) in [5.41, 5.74) is 2.05. The third-order valence-electron chi connectivity index (χ3n) is 2.95. The van der Waals surface area contributed by atoms with Gasteiger partial charge in [-0.3, -0.25) is 4.79 Å². The van der Waals surface area contributed by atoms with Crippen molar-refractivity contribution in [2.45, 2.75) is 20.3 Å². The maximum Gasteiger partial charge on any atom is 0.229 e. The number of nitrogens with zero attached hydrogens (tertiary/aromatic N) is 1. The quantitative estimate of drug-likeness (QED) is 0.941. The Morgan fingerprint density at radius 1 is 1.45 bits per heavy atom. The first-order valence-corrected chi connectivity index (χ1v) is 6.44. The number of carbonyl (C=O) groups excluding carboxylic acids is 1. The second kappa shape index (κ2) is 5.96. The average molecular weight is 295 g/mol. The number of anilines is 1. The Morgan fingerprint density at radius 2 is 2.20 bits per heavy atom. The van der Waals surface area contributed by atoms with E-state index >= 15 is 0 Å². The van der Waals surface area contributed by atoms with Crippen LogP contribution in [0.25, 0.3) is 0 Å². The van der Waals surface area contributed by atoms with Gasteiger partial charge in [-0.2, -0.15) is 0 Å². The van der Waals surface area contributed by atoms with Crippen molar-refractivity contribution in [2.75, 3.05) is 12.4 Å². The molecule has 0 aliphatic rings. The molecule has 0 spiro atoms. The standard InChI is InChI=1S/C14H15ClN2O3/c1-8-11(9(2)20-17-8)7-14(18)16-12-6-10(15)4-5-13(12)19-3/h4-6H,7H2,1-3H3,(H,16,18). The van der Waals surface area contributed by atoms with E-state index < -0.39 is 0 Å². The predicted octanol–water partition coefficient (Wildman–Crippen LogP) is 3.13. The molecule has 0 bridgehead atoms. The van der Waals surface area contributed by atoms with Gasteiger partial charge in [-0.05, 0) is 32.0 Å². The average Bonchev–Trinajstić information content (AvgIpc) is 2.71. The van der Waals surface area contributed by atoms with Crippen molar-refractivity contribution in [3.05, 3.63) is 40.2 Å². The first-order valence-electron chi connectivity index (χ1n) is 6.06. The predicted molar refractivity (Wildman–Crippen MR) is 76.3 cm³/mol. The van der Waals surface area contributed by atoms with E-state index in [1.54, 1.807) is 32.0 Å². The van der Waals surface area contributed by atoms with E-state index in [-0.39, 0.29) is 12.3 Å². The van der Waals surface area contributed by atoms with Crippen LogP contribution in [0.1, 0.15) is 17.0 Å². The molecular formula is C14H15ClN2O3. The Balaban J connectivity index is 2.14. The lowest BCUT2D eigenvalue weighted by Crippen LogP contribution is -2.15. The van der Waals surface area contributed by atoms with Crippen LogP contribution >= 0.6 is 11.6 Å². The second-order valence-corrected chi connectivity index (χ2v) is 4.81. The topological polar surface area (TPSA) is 64.4 Å². The molecule has 0 fully saturated rings. The number of ether oxygens (including phenoxy) is 1. The van der Waals surface area contributed by atoms with Crippen molar-refractivity contribution in [1.82, 2.24) is 5.16 Å². The van der Waals surface area contributed by atoms with Crippen molar-refractivity contribution >= 4 is 23.2 Å². The highest BCUT2D eigenvalue weighted by Crippen LogP contribution is 2.28. The fraction of sp³-hybridized carbons (Fsp3) is 0.286. The summed E-state index contributed by atoms with van der Waals surface area (Å²) in [6.07, 6.45) is 0.191. The number of hydrogen-bond acceptors (Lipinski definition) is 4. The van der Waals surface area contributed by atoms with E-state index in [9.17, 15) is 4.79 Å². The summed E-state index contributed by atoms with van der Waals surface area (Å²) in [6.45, 7) is 3.58. The van der Waals surface area contributed by atoms with Crippen LogP contribution in [-0.4, -0.2) is 18.2 Å². The van der Waals surface area contributed by atoms with Gasteiger partial charge in [0.05, 0.1) is 24.9 Å². The van der Waals surface area contributed by atoms with Crippen LogP contribution in [0.15, 0.2) is 22.7 Å². The molecule has 0 saturated heterocycles. The molecule has 20 heavy (non-hydrogen) atoms. The lowest BCUT2D eigenvalue weighted by molar-refractivity contribution is -0.115. The lowest BCUT2D eigenvalue weighted by Gasteiger charge is -2.10. The van der Waals surface area contributed by atoms with E-state index in [1.165, 1.54) is 7.11 Å². The molecule has 6 heteroatoms. The van der Waals surface area contributed by atoms with E-state index in [2.05, 4.69) is 10.5 Å². The molecule has 106 valence electrons. The van der Waals surface area contributed by atoms with E-state index in [4.69, 9.17) is 20.9 Å². The summed E-state index contributed by atoms with van der Waals surface area (Å²) in [6, 6.07) is 5.05. The summed E-state index contributed by atoms with van der Waals surface area (Å²) in [5.74, 6) is 1.03. The molecule has 1 heterocycles. The largest absolute Gasteiger partial charge is 0.495 e. The summed E-state index contributed by atoms with van der Waals surface area (Å²) in [5, 5.41) is 7.13. The zero-order valence-corrected chi connectivity index (χ0v) is 12.2. The van der Waals surface area contributed by atoms with Crippen LogP contribution < -0.4 is 10.1 Å². The molecule has 0 aliphatic carbocycles. The molecule has 0 unspecified atom stereocenters. The number of methoxy groups -OCH3 is 1. The van der Waals surface area contributed by atoms with Crippen molar-refractivity contribution < 1.29 is 14.1 Å². The summed E-state index contributed by atoms with van der Waals surface area (Å²) >= 11 is 5.92. The molecule has 1 amide bonds. The molecule has 1 aromatic heterocycles. The van der Waals surface area contributed by atoms with Gasteiger partial charge in [0.1, 0.15) is 11.5 Å². The molecule has 1 aromatic carbocycles. The molecule has 5 nitrogen and oxygen atoms in total. The molecule has 0 atom stereocenters. The summed E-state index contributed by atoms with van der Waals surface area (Å²) in [7, 11) is 1.53. The maximum atomic E-state index is 12.1. The van der Waals surface area contributed by atoms with Crippen LogP contribution in [0.2, 0.25) is 5.02 Å². The van der Waals surface area contributed by atoms with Crippen LogP contribution in [0.4, 0.5) is 5.69 Å². The Hall–Kier alpha value is -2.01.